The molecule has 146 valence electrons. The van der Waals surface area contributed by atoms with E-state index in [1.165, 1.54) is 37.3 Å². The van der Waals surface area contributed by atoms with Gasteiger partial charge in [-0.2, -0.15) is 0 Å². The molecule has 26 heavy (non-hydrogen) atoms. The van der Waals surface area contributed by atoms with Gasteiger partial charge in [0.1, 0.15) is 5.00 Å². The maximum absolute atomic E-state index is 12.1. The molecule has 2 aliphatic heterocycles. The van der Waals surface area contributed by atoms with E-state index in [1.807, 2.05) is 0 Å². The van der Waals surface area contributed by atoms with Crippen LogP contribution in [0.1, 0.15) is 46.5 Å². The minimum Gasteiger partial charge on any atom is -0.365 e. The van der Waals surface area contributed by atoms with Crippen LogP contribution < -0.4 is 21.7 Å². The molecule has 5 N–H and O–H groups in total. The van der Waals surface area contributed by atoms with Crippen molar-refractivity contribution < 1.29 is 9.59 Å². The highest BCUT2D eigenvalue weighted by molar-refractivity contribution is 7.17. The smallest absolute Gasteiger partial charge is 0.319 e. The third kappa shape index (κ3) is 5.33. The van der Waals surface area contributed by atoms with Crippen molar-refractivity contribution in [3.05, 3.63) is 16.0 Å². The van der Waals surface area contributed by atoms with Crippen LogP contribution >= 0.6 is 23.7 Å². The van der Waals surface area contributed by atoms with E-state index in [0.717, 1.165) is 49.3 Å². The molecule has 3 amide bonds. The Morgan fingerprint density at radius 2 is 2.00 bits per heavy atom. The van der Waals surface area contributed by atoms with Gasteiger partial charge < -0.3 is 21.3 Å². The van der Waals surface area contributed by atoms with Gasteiger partial charge in [0.25, 0.3) is 5.91 Å². The SMILES string of the molecule is Cl.NC(=O)c1c(NC(=O)NCCCCN2CCCC2)sc2c1CCNC2. The van der Waals surface area contributed by atoms with Gasteiger partial charge in [-0.3, -0.25) is 10.1 Å². The number of carbonyl (C=O) groups is 2. The summed E-state index contributed by atoms with van der Waals surface area (Å²) in [5.41, 5.74) is 6.99. The lowest BCUT2D eigenvalue weighted by Crippen LogP contribution is -2.31. The summed E-state index contributed by atoms with van der Waals surface area (Å²) < 4.78 is 0. The monoisotopic (exact) mass is 401 g/mol. The summed E-state index contributed by atoms with van der Waals surface area (Å²) in [5, 5.41) is 9.52. The number of halogens is 1. The highest BCUT2D eigenvalue weighted by Crippen LogP contribution is 2.35. The van der Waals surface area contributed by atoms with Crippen LogP contribution in [0.5, 0.6) is 0 Å². The second-order valence-electron chi connectivity index (χ2n) is 6.64. The number of rotatable bonds is 7. The number of likely N-dealkylation sites (tertiary alicyclic amines) is 1. The predicted molar refractivity (Wildman–Crippen MR) is 107 cm³/mol. The molecular formula is C17H28ClN5O2S. The Kier molecular flexibility index (Phi) is 8.15. The topological polar surface area (TPSA) is 99.5 Å². The summed E-state index contributed by atoms with van der Waals surface area (Å²) in [6, 6.07) is -0.268. The van der Waals surface area contributed by atoms with Crippen LogP contribution in [0.4, 0.5) is 9.80 Å². The normalized spacial score (nSPS) is 16.6. The second kappa shape index (κ2) is 10.1. The number of nitrogens with zero attached hydrogens (tertiary/aromatic N) is 1. The Morgan fingerprint density at radius 3 is 2.73 bits per heavy atom. The average molecular weight is 402 g/mol. The van der Waals surface area contributed by atoms with Crippen molar-refractivity contribution in [2.24, 2.45) is 5.73 Å². The Labute approximate surface area is 164 Å². The molecule has 0 atom stereocenters. The first-order valence-electron chi connectivity index (χ1n) is 9.07. The number of urea groups is 1. The molecule has 0 spiro atoms. The van der Waals surface area contributed by atoms with Gasteiger partial charge in [-0.15, -0.1) is 23.7 Å². The van der Waals surface area contributed by atoms with E-state index in [4.69, 9.17) is 5.73 Å². The molecule has 0 unspecified atom stereocenters. The summed E-state index contributed by atoms with van der Waals surface area (Å²) in [4.78, 5) is 27.5. The first-order valence-corrected chi connectivity index (χ1v) is 9.89. The zero-order chi connectivity index (χ0) is 17.6. The van der Waals surface area contributed by atoms with E-state index in [9.17, 15) is 9.59 Å². The van der Waals surface area contributed by atoms with Gasteiger partial charge in [-0.1, -0.05) is 0 Å². The highest BCUT2D eigenvalue weighted by atomic mass is 35.5. The predicted octanol–water partition coefficient (Wildman–Crippen LogP) is 1.91. The number of amides is 3. The molecule has 3 rings (SSSR count). The first kappa shape index (κ1) is 21.0. The average Bonchev–Trinajstić information content (AvgIpc) is 3.21. The molecule has 3 heterocycles. The van der Waals surface area contributed by atoms with Gasteiger partial charge >= 0.3 is 6.03 Å². The van der Waals surface area contributed by atoms with E-state index in [1.54, 1.807) is 0 Å². The lowest BCUT2D eigenvalue weighted by molar-refractivity contribution is 0.100. The van der Waals surface area contributed by atoms with Crippen molar-refractivity contribution in [3.8, 4) is 0 Å². The number of nitrogens with two attached hydrogens (primary N) is 1. The third-order valence-corrected chi connectivity index (χ3v) is 5.93. The van der Waals surface area contributed by atoms with Crippen molar-refractivity contribution >= 4 is 40.7 Å². The lowest BCUT2D eigenvalue weighted by Gasteiger charge is -2.14. The fourth-order valence-electron chi connectivity index (χ4n) is 3.50. The van der Waals surface area contributed by atoms with Gasteiger partial charge in [0.05, 0.1) is 5.56 Å². The summed E-state index contributed by atoms with van der Waals surface area (Å²) >= 11 is 1.44. The van der Waals surface area contributed by atoms with Gasteiger partial charge in [-0.25, -0.2) is 4.79 Å². The maximum Gasteiger partial charge on any atom is 0.319 e. The van der Waals surface area contributed by atoms with Crippen molar-refractivity contribution in [2.75, 3.05) is 38.0 Å². The van der Waals surface area contributed by atoms with E-state index in [2.05, 4.69) is 20.9 Å². The zero-order valence-electron chi connectivity index (χ0n) is 14.9. The molecule has 0 aliphatic carbocycles. The number of nitrogens with one attached hydrogen (secondary N) is 3. The number of hydrogen-bond acceptors (Lipinski definition) is 5. The number of unbranched alkanes of at least 4 members (excludes halogenated alkanes) is 1. The first-order chi connectivity index (χ1) is 12.1. The summed E-state index contributed by atoms with van der Waals surface area (Å²) in [5.74, 6) is -0.472. The van der Waals surface area contributed by atoms with Gasteiger partial charge in [0, 0.05) is 18.0 Å². The standard InChI is InChI=1S/C17H27N5O2S.ClH/c18-15(23)14-12-5-7-19-11-13(12)25-16(14)21-17(24)20-6-1-2-8-22-9-3-4-10-22;/h19H,1-11H2,(H2,18,23)(H2,20,21,24);1H. The third-order valence-electron chi connectivity index (χ3n) is 4.79. The van der Waals surface area contributed by atoms with Crippen LogP contribution in [0.15, 0.2) is 0 Å². The quantitative estimate of drug-likeness (QED) is 0.524. The Hall–Kier alpha value is -1.35. The van der Waals surface area contributed by atoms with Crippen LogP contribution in [0, 0.1) is 0 Å². The number of thiophene rings is 1. The van der Waals surface area contributed by atoms with Crippen LogP contribution in [0.3, 0.4) is 0 Å². The molecule has 0 bridgehead atoms. The maximum atomic E-state index is 12.1. The number of fused-ring (bicyclic) bond motifs is 1. The molecule has 9 heteroatoms. The van der Waals surface area contributed by atoms with E-state index in [-0.39, 0.29) is 18.4 Å². The lowest BCUT2D eigenvalue weighted by atomic mass is 10.0. The molecular weight excluding hydrogens is 374 g/mol. The molecule has 1 saturated heterocycles. The minimum atomic E-state index is -0.472. The van der Waals surface area contributed by atoms with Gasteiger partial charge in [0.15, 0.2) is 0 Å². The summed E-state index contributed by atoms with van der Waals surface area (Å²) in [7, 11) is 0. The van der Waals surface area contributed by atoms with Crippen molar-refractivity contribution in [1.29, 1.82) is 0 Å². The number of hydrogen-bond donors (Lipinski definition) is 4. The summed E-state index contributed by atoms with van der Waals surface area (Å²) in [6.07, 6.45) is 5.43. The summed E-state index contributed by atoms with van der Waals surface area (Å²) in [6.45, 7) is 5.72. The molecule has 1 aromatic rings. The Bertz CT molecular complexity index is 631. The minimum absolute atomic E-state index is 0. The van der Waals surface area contributed by atoms with E-state index < -0.39 is 5.91 Å². The van der Waals surface area contributed by atoms with Crippen molar-refractivity contribution in [1.82, 2.24) is 15.5 Å². The fraction of sp³-hybridized carbons (Fsp3) is 0.647. The Morgan fingerprint density at radius 1 is 1.23 bits per heavy atom. The van der Waals surface area contributed by atoms with Crippen LogP contribution in [0.2, 0.25) is 0 Å². The molecule has 1 aromatic heterocycles. The van der Waals surface area contributed by atoms with Gasteiger partial charge in [0.2, 0.25) is 0 Å². The number of anilines is 1. The molecule has 7 nitrogen and oxygen atoms in total. The number of primary amides is 1. The van der Waals surface area contributed by atoms with Crippen molar-refractivity contribution in [2.45, 2.75) is 38.6 Å². The molecule has 0 radical (unpaired) electrons. The highest BCUT2D eigenvalue weighted by Gasteiger charge is 2.24. The van der Waals surface area contributed by atoms with Crippen LogP contribution in [0.25, 0.3) is 0 Å². The zero-order valence-corrected chi connectivity index (χ0v) is 16.6. The van der Waals surface area contributed by atoms with Crippen molar-refractivity contribution in [3.63, 3.8) is 0 Å². The van der Waals surface area contributed by atoms with E-state index in [0.29, 0.717) is 17.1 Å². The molecule has 0 saturated carbocycles. The van der Waals surface area contributed by atoms with Crippen LogP contribution in [-0.4, -0.2) is 49.6 Å². The molecule has 2 aliphatic rings. The van der Waals surface area contributed by atoms with Crippen LogP contribution in [-0.2, 0) is 13.0 Å². The van der Waals surface area contributed by atoms with E-state index >= 15 is 0 Å². The Balaban J connectivity index is 0.00000243. The largest absolute Gasteiger partial charge is 0.365 e. The van der Waals surface area contributed by atoms with Gasteiger partial charge in [-0.05, 0) is 63.8 Å². The fourth-order valence-corrected chi connectivity index (χ4v) is 4.72. The number of carbonyl (C=O) groups excluding carboxylic acids is 2. The second-order valence-corrected chi connectivity index (χ2v) is 7.74. The molecule has 1 fully saturated rings. The molecule has 0 aromatic carbocycles.